The molecule has 0 saturated heterocycles. The first kappa shape index (κ1) is 13.4. The highest BCUT2D eigenvalue weighted by Gasteiger charge is 2.21. The minimum Gasteiger partial charge on any atom is -0.477 e. The van der Waals surface area contributed by atoms with Crippen LogP contribution in [-0.2, 0) is 10.0 Å². The Kier molecular flexibility index (Phi) is 3.66. The van der Waals surface area contributed by atoms with E-state index in [-0.39, 0.29) is 5.75 Å². The molecule has 2 N–H and O–H groups in total. The summed E-state index contributed by atoms with van der Waals surface area (Å²) in [6.07, 6.45) is 0. The van der Waals surface area contributed by atoms with Crippen LogP contribution in [0.15, 0.2) is 12.1 Å². The average molecular weight is 265 g/mol. The van der Waals surface area contributed by atoms with Crippen molar-refractivity contribution in [3.05, 3.63) is 29.3 Å². The molecule has 0 amide bonds. The molecule has 0 radical (unpaired) electrons. The molecular formula is C9H9F2NO4S. The molecule has 0 fully saturated rings. The Bertz CT molecular complexity index is 556. The van der Waals surface area contributed by atoms with Gasteiger partial charge in [-0.2, -0.15) is 0 Å². The summed E-state index contributed by atoms with van der Waals surface area (Å²) in [6.45, 7) is 1.32. The molecule has 0 aliphatic heterocycles. The fourth-order valence-corrected chi connectivity index (χ4v) is 1.70. The predicted octanol–water partition coefficient (Wildman–Crippen LogP) is 1.42. The van der Waals surface area contributed by atoms with Crippen molar-refractivity contribution in [2.45, 2.75) is 6.92 Å². The van der Waals surface area contributed by atoms with Crippen LogP contribution in [0.25, 0.3) is 0 Å². The number of carboxylic acids is 1. The Balaban J connectivity index is 3.30. The largest absolute Gasteiger partial charge is 0.477 e. The smallest absolute Gasteiger partial charge is 0.341 e. The number of carbonyl (C=O) groups is 1. The summed E-state index contributed by atoms with van der Waals surface area (Å²) in [6, 6.07) is 1.50. The number of sulfonamides is 1. The molecular weight excluding hydrogens is 256 g/mol. The van der Waals surface area contributed by atoms with Gasteiger partial charge in [0, 0.05) is 0 Å². The Morgan fingerprint density at radius 2 is 2.00 bits per heavy atom. The maximum atomic E-state index is 13.5. The molecule has 0 atom stereocenters. The molecule has 1 rings (SSSR count). The summed E-state index contributed by atoms with van der Waals surface area (Å²) in [5, 5.41) is 8.57. The molecule has 94 valence electrons. The van der Waals surface area contributed by atoms with Crippen LogP contribution in [-0.4, -0.2) is 25.2 Å². The van der Waals surface area contributed by atoms with Crippen molar-refractivity contribution in [3.8, 4) is 0 Å². The van der Waals surface area contributed by atoms with Crippen molar-refractivity contribution in [2.75, 3.05) is 10.5 Å². The van der Waals surface area contributed by atoms with E-state index in [0.29, 0.717) is 6.07 Å². The molecule has 0 aliphatic carbocycles. The number of carboxylic acid groups (broad SMARTS) is 1. The van der Waals surface area contributed by atoms with Gasteiger partial charge in [-0.15, -0.1) is 0 Å². The van der Waals surface area contributed by atoms with Crippen LogP contribution in [0, 0.1) is 11.6 Å². The Hall–Kier alpha value is -1.70. The van der Waals surface area contributed by atoms with Crippen molar-refractivity contribution in [2.24, 2.45) is 0 Å². The Labute approximate surface area is 96.1 Å². The van der Waals surface area contributed by atoms with Gasteiger partial charge < -0.3 is 5.11 Å². The van der Waals surface area contributed by atoms with Gasteiger partial charge in [0.05, 0.1) is 11.4 Å². The summed E-state index contributed by atoms with van der Waals surface area (Å²) in [5.74, 6) is -4.84. The number of rotatable bonds is 4. The highest BCUT2D eigenvalue weighted by atomic mass is 32.2. The third kappa shape index (κ3) is 2.90. The molecule has 0 spiro atoms. The van der Waals surface area contributed by atoms with Crippen LogP contribution in [0.1, 0.15) is 17.3 Å². The first-order valence-electron chi connectivity index (χ1n) is 4.50. The molecule has 0 unspecified atom stereocenters. The van der Waals surface area contributed by atoms with E-state index in [1.54, 1.807) is 0 Å². The minimum absolute atomic E-state index is 0.313. The number of aromatic carboxylic acids is 1. The molecule has 0 saturated carbocycles. The van der Waals surface area contributed by atoms with E-state index < -0.39 is 38.9 Å². The fourth-order valence-electron chi connectivity index (χ4n) is 1.07. The Morgan fingerprint density at radius 1 is 1.41 bits per heavy atom. The summed E-state index contributed by atoms with van der Waals surface area (Å²) in [4.78, 5) is 10.6. The molecule has 0 aliphatic rings. The summed E-state index contributed by atoms with van der Waals surface area (Å²) in [7, 11) is -3.76. The van der Waals surface area contributed by atoms with Gasteiger partial charge in [0.25, 0.3) is 0 Å². The van der Waals surface area contributed by atoms with Gasteiger partial charge in [-0.3, -0.25) is 4.72 Å². The first-order valence-corrected chi connectivity index (χ1v) is 6.15. The van der Waals surface area contributed by atoms with E-state index in [4.69, 9.17) is 5.11 Å². The number of hydrogen-bond acceptors (Lipinski definition) is 3. The van der Waals surface area contributed by atoms with Crippen LogP contribution in [0.3, 0.4) is 0 Å². The third-order valence-electron chi connectivity index (χ3n) is 1.95. The van der Waals surface area contributed by atoms with Gasteiger partial charge in [0.2, 0.25) is 10.0 Å². The second kappa shape index (κ2) is 4.66. The lowest BCUT2D eigenvalue weighted by Gasteiger charge is -2.09. The number of nitrogens with one attached hydrogen (secondary N) is 1. The second-order valence-corrected chi connectivity index (χ2v) is 5.11. The SMILES string of the molecule is CCS(=O)(=O)Nc1ccc(F)c(C(=O)O)c1F. The summed E-state index contributed by atoms with van der Waals surface area (Å²) in [5.41, 5.74) is -1.79. The monoisotopic (exact) mass is 265 g/mol. The predicted molar refractivity (Wildman–Crippen MR) is 56.4 cm³/mol. The van der Waals surface area contributed by atoms with Gasteiger partial charge in [-0.1, -0.05) is 0 Å². The first-order chi connectivity index (χ1) is 7.78. The molecule has 17 heavy (non-hydrogen) atoms. The van der Waals surface area contributed by atoms with Gasteiger partial charge in [0.1, 0.15) is 11.4 Å². The van der Waals surface area contributed by atoms with Crippen molar-refractivity contribution in [1.29, 1.82) is 0 Å². The van der Waals surface area contributed by atoms with Crippen molar-refractivity contribution in [3.63, 3.8) is 0 Å². The van der Waals surface area contributed by atoms with Crippen LogP contribution in [0.5, 0.6) is 0 Å². The summed E-state index contributed by atoms with van der Waals surface area (Å²) >= 11 is 0. The third-order valence-corrected chi connectivity index (χ3v) is 3.24. The maximum absolute atomic E-state index is 13.5. The van der Waals surface area contributed by atoms with Crippen LogP contribution in [0.2, 0.25) is 0 Å². The van der Waals surface area contributed by atoms with Gasteiger partial charge in [-0.05, 0) is 19.1 Å². The molecule has 1 aromatic rings. The van der Waals surface area contributed by atoms with E-state index in [1.165, 1.54) is 6.92 Å². The molecule has 5 nitrogen and oxygen atoms in total. The standard InChI is InChI=1S/C9H9F2NO4S/c1-2-17(15,16)12-6-4-3-5(10)7(8(6)11)9(13)14/h3-4,12H,2H2,1H3,(H,13,14). The van der Waals surface area contributed by atoms with Gasteiger partial charge in [-0.25, -0.2) is 22.0 Å². The van der Waals surface area contributed by atoms with Crippen molar-refractivity contribution >= 4 is 21.7 Å². The second-order valence-electron chi connectivity index (χ2n) is 3.09. The fraction of sp³-hybridized carbons (Fsp3) is 0.222. The van der Waals surface area contributed by atoms with E-state index in [0.717, 1.165) is 6.07 Å². The zero-order chi connectivity index (χ0) is 13.2. The number of halogens is 2. The van der Waals surface area contributed by atoms with E-state index in [2.05, 4.69) is 0 Å². The molecule has 8 heteroatoms. The number of hydrogen-bond donors (Lipinski definition) is 2. The van der Waals surface area contributed by atoms with Crippen LogP contribution >= 0.6 is 0 Å². The van der Waals surface area contributed by atoms with Crippen LogP contribution in [0.4, 0.5) is 14.5 Å². The van der Waals surface area contributed by atoms with Gasteiger partial charge >= 0.3 is 5.97 Å². The normalized spacial score (nSPS) is 11.2. The van der Waals surface area contributed by atoms with Crippen molar-refractivity contribution < 1.29 is 27.1 Å². The molecule has 0 heterocycles. The van der Waals surface area contributed by atoms with E-state index in [1.807, 2.05) is 4.72 Å². The van der Waals surface area contributed by atoms with E-state index in [9.17, 15) is 22.0 Å². The lowest BCUT2D eigenvalue weighted by atomic mass is 10.2. The maximum Gasteiger partial charge on any atom is 0.341 e. The quantitative estimate of drug-likeness (QED) is 0.862. The molecule has 1 aromatic carbocycles. The molecule has 0 bridgehead atoms. The van der Waals surface area contributed by atoms with Crippen LogP contribution < -0.4 is 4.72 Å². The summed E-state index contributed by atoms with van der Waals surface area (Å²) < 4.78 is 50.7. The van der Waals surface area contributed by atoms with E-state index >= 15 is 0 Å². The number of anilines is 1. The topological polar surface area (TPSA) is 83.5 Å². The zero-order valence-corrected chi connectivity index (χ0v) is 9.51. The highest BCUT2D eigenvalue weighted by molar-refractivity contribution is 7.92. The van der Waals surface area contributed by atoms with Gasteiger partial charge in [0.15, 0.2) is 5.82 Å². The lowest BCUT2D eigenvalue weighted by molar-refractivity contribution is 0.0686. The minimum atomic E-state index is -3.76. The lowest BCUT2D eigenvalue weighted by Crippen LogP contribution is -2.17. The van der Waals surface area contributed by atoms with Crippen molar-refractivity contribution in [1.82, 2.24) is 0 Å². The highest BCUT2D eigenvalue weighted by Crippen LogP contribution is 2.22. The zero-order valence-electron chi connectivity index (χ0n) is 8.70. The Morgan fingerprint density at radius 3 is 2.47 bits per heavy atom. The number of benzene rings is 1. The average Bonchev–Trinajstić information content (AvgIpc) is 2.22. The molecule has 0 aromatic heterocycles.